The van der Waals surface area contributed by atoms with Gasteiger partial charge in [0.25, 0.3) is 0 Å². The van der Waals surface area contributed by atoms with Crippen LogP contribution in [0.1, 0.15) is 51.4 Å². The molecule has 2 nitrogen and oxygen atoms in total. The SMILES string of the molecule is C(=NC1CC2CCC1C2)NC1CC2CCC1C2. The lowest BCUT2D eigenvalue weighted by molar-refractivity contribution is 0.389. The third-order valence-corrected chi connectivity index (χ3v) is 5.99. The predicted octanol–water partition coefficient (Wildman–Crippen LogP) is 2.98. The van der Waals surface area contributed by atoms with Crippen molar-refractivity contribution in [2.45, 2.75) is 63.5 Å². The Kier molecular flexibility index (Phi) is 2.44. The summed E-state index contributed by atoms with van der Waals surface area (Å²) in [4.78, 5) is 4.82. The Bertz CT molecular complexity index is 325. The lowest BCUT2D eigenvalue weighted by atomic mass is 9.95. The maximum Gasteiger partial charge on any atom is 0.0829 e. The van der Waals surface area contributed by atoms with Gasteiger partial charge in [-0.05, 0) is 62.2 Å². The zero-order valence-corrected chi connectivity index (χ0v) is 10.6. The Hall–Kier alpha value is -0.530. The molecule has 0 aromatic heterocycles. The molecule has 0 saturated heterocycles. The summed E-state index contributed by atoms with van der Waals surface area (Å²) in [6.45, 7) is 0. The Morgan fingerprint density at radius 3 is 2.18 bits per heavy atom. The normalized spacial score (nSPS) is 51.8. The van der Waals surface area contributed by atoms with E-state index in [-0.39, 0.29) is 0 Å². The van der Waals surface area contributed by atoms with Crippen LogP contribution in [-0.2, 0) is 0 Å². The van der Waals surface area contributed by atoms with Crippen LogP contribution < -0.4 is 5.32 Å². The van der Waals surface area contributed by atoms with E-state index >= 15 is 0 Å². The molecule has 4 aliphatic rings. The fraction of sp³-hybridized carbons (Fsp3) is 0.933. The molecular formula is C15H24N2. The minimum Gasteiger partial charge on any atom is -0.373 e. The van der Waals surface area contributed by atoms with Gasteiger partial charge in [-0.2, -0.15) is 0 Å². The molecule has 4 rings (SSSR count). The van der Waals surface area contributed by atoms with Crippen molar-refractivity contribution >= 4 is 6.34 Å². The van der Waals surface area contributed by atoms with Gasteiger partial charge in [0.15, 0.2) is 0 Å². The maximum absolute atomic E-state index is 4.82. The first-order valence-electron chi connectivity index (χ1n) is 7.66. The molecule has 1 N–H and O–H groups in total. The molecule has 6 unspecified atom stereocenters. The molecule has 4 bridgehead atoms. The van der Waals surface area contributed by atoms with Crippen LogP contribution in [0.5, 0.6) is 0 Å². The highest BCUT2D eigenvalue weighted by Crippen LogP contribution is 2.46. The summed E-state index contributed by atoms with van der Waals surface area (Å²) >= 11 is 0. The lowest BCUT2D eigenvalue weighted by Crippen LogP contribution is -2.33. The summed E-state index contributed by atoms with van der Waals surface area (Å²) in [6, 6.07) is 1.43. The summed E-state index contributed by atoms with van der Waals surface area (Å²) < 4.78 is 0. The largest absolute Gasteiger partial charge is 0.373 e. The van der Waals surface area contributed by atoms with Gasteiger partial charge in [0.2, 0.25) is 0 Å². The van der Waals surface area contributed by atoms with Gasteiger partial charge in [0.05, 0.1) is 12.4 Å². The average molecular weight is 232 g/mol. The first-order valence-corrected chi connectivity index (χ1v) is 7.66. The van der Waals surface area contributed by atoms with Gasteiger partial charge in [-0.15, -0.1) is 0 Å². The van der Waals surface area contributed by atoms with Crippen molar-refractivity contribution < 1.29 is 0 Å². The fourth-order valence-corrected chi connectivity index (χ4v) is 5.08. The molecule has 4 fully saturated rings. The number of rotatable bonds is 3. The molecule has 4 saturated carbocycles. The summed E-state index contributed by atoms with van der Waals surface area (Å²) in [5.41, 5.74) is 0. The summed E-state index contributed by atoms with van der Waals surface area (Å²) in [5.74, 6) is 3.95. The van der Waals surface area contributed by atoms with Crippen LogP contribution in [0.15, 0.2) is 4.99 Å². The number of hydrogen-bond donors (Lipinski definition) is 1. The molecule has 0 radical (unpaired) electrons. The number of aliphatic imine (C=N–C) groups is 1. The van der Waals surface area contributed by atoms with Crippen LogP contribution in [0.3, 0.4) is 0 Å². The molecule has 0 aliphatic heterocycles. The zero-order valence-electron chi connectivity index (χ0n) is 10.6. The summed E-state index contributed by atoms with van der Waals surface area (Å²) in [5, 5.41) is 3.61. The Morgan fingerprint density at radius 2 is 1.59 bits per heavy atom. The van der Waals surface area contributed by atoms with Crippen LogP contribution in [-0.4, -0.2) is 18.4 Å². The predicted molar refractivity (Wildman–Crippen MR) is 70.1 cm³/mol. The van der Waals surface area contributed by atoms with Gasteiger partial charge in [-0.3, -0.25) is 4.99 Å². The first-order chi connectivity index (χ1) is 8.38. The van der Waals surface area contributed by atoms with E-state index < -0.39 is 0 Å². The van der Waals surface area contributed by atoms with E-state index in [1.807, 2.05) is 0 Å². The average Bonchev–Trinajstić information content (AvgIpc) is 3.09. The molecule has 0 aromatic rings. The van der Waals surface area contributed by atoms with E-state index in [0.29, 0.717) is 6.04 Å². The third-order valence-electron chi connectivity index (χ3n) is 5.99. The van der Waals surface area contributed by atoms with Crippen molar-refractivity contribution in [3.63, 3.8) is 0 Å². The van der Waals surface area contributed by atoms with Crippen LogP contribution in [0.2, 0.25) is 0 Å². The second kappa shape index (κ2) is 4.00. The lowest BCUT2D eigenvalue weighted by Gasteiger charge is -2.22. The number of hydrogen-bond acceptors (Lipinski definition) is 1. The minimum atomic E-state index is 0.667. The quantitative estimate of drug-likeness (QED) is 0.587. The number of nitrogens with zero attached hydrogens (tertiary/aromatic N) is 1. The molecule has 0 amide bonds. The van der Waals surface area contributed by atoms with Gasteiger partial charge >= 0.3 is 0 Å². The highest BCUT2D eigenvalue weighted by molar-refractivity contribution is 5.55. The molecule has 2 heteroatoms. The van der Waals surface area contributed by atoms with Gasteiger partial charge < -0.3 is 5.32 Å². The molecular weight excluding hydrogens is 208 g/mol. The van der Waals surface area contributed by atoms with E-state index in [2.05, 4.69) is 11.7 Å². The van der Waals surface area contributed by atoms with Gasteiger partial charge in [-0.1, -0.05) is 12.8 Å². The molecule has 4 aliphatic carbocycles. The van der Waals surface area contributed by atoms with Gasteiger partial charge in [0.1, 0.15) is 0 Å². The van der Waals surface area contributed by atoms with Crippen molar-refractivity contribution in [2.24, 2.45) is 28.7 Å². The van der Waals surface area contributed by atoms with Crippen LogP contribution >= 0.6 is 0 Å². The van der Waals surface area contributed by atoms with Crippen molar-refractivity contribution in [1.29, 1.82) is 0 Å². The highest BCUT2D eigenvalue weighted by Gasteiger charge is 2.40. The summed E-state index contributed by atoms with van der Waals surface area (Å²) in [6.07, 6.45) is 13.7. The van der Waals surface area contributed by atoms with E-state index in [9.17, 15) is 0 Å². The Balaban J connectivity index is 1.30. The van der Waals surface area contributed by atoms with Crippen LogP contribution in [0.4, 0.5) is 0 Å². The third kappa shape index (κ3) is 1.80. The Morgan fingerprint density at radius 1 is 0.824 bits per heavy atom. The van der Waals surface area contributed by atoms with Crippen molar-refractivity contribution in [3.05, 3.63) is 0 Å². The molecule has 0 heterocycles. The topological polar surface area (TPSA) is 24.4 Å². The van der Waals surface area contributed by atoms with Crippen LogP contribution in [0.25, 0.3) is 0 Å². The summed E-state index contributed by atoms with van der Waals surface area (Å²) in [7, 11) is 0. The smallest absolute Gasteiger partial charge is 0.0829 e. The standard InChI is InChI=1S/C15H24N2/c1-3-12-5-10(1)7-14(12)16-9-17-15-8-11-2-4-13(15)6-11/h9-15H,1-8H2,(H,16,17). The fourth-order valence-electron chi connectivity index (χ4n) is 5.08. The second-order valence-electron chi connectivity index (χ2n) is 6.97. The maximum atomic E-state index is 4.82. The highest BCUT2D eigenvalue weighted by atomic mass is 15.0. The van der Waals surface area contributed by atoms with E-state index in [4.69, 9.17) is 4.99 Å². The van der Waals surface area contributed by atoms with E-state index in [1.165, 1.54) is 51.4 Å². The van der Waals surface area contributed by atoms with Crippen molar-refractivity contribution in [2.75, 3.05) is 0 Å². The molecule has 94 valence electrons. The molecule has 6 atom stereocenters. The molecule has 0 aromatic carbocycles. The monoisotopic (exact) mass is 232 g/mol. The number of fused-ring (bicyclic) bond motifs is 4. The molecule has 17 heavy (non-hydrogen) atoms. The first kappa shape index (κ1) is 10.4. The van der Waals surface area contributed by atoms with Crippen molar-refractivity contribution in [1.82, 2.24) is 5.32 Å². The second-order valence-corrected chi connectivity index (χ2v) is 6.97. The van der Waals surface area contributed by atoms with E-state index in [0.717, 1.165) is 29.7 Å². The zero-order chi connectivity index (χ0) is 11.2. The van der Waals surface area contributed by atoms with E-state index in [1.54, 1.807) is 0 Å². The molecule has 0 spiro atoms. The number of nitrogens with one attached hydrogen (secondary N) is 1. The van der Waals surface area contributed by atoms with Gasteiger partial charge in [-0.25, -0.2) is 0 Å². The van der Waals surface area contributed by atoms with Gasteiger partial charge in [0, 0.05) is 6.04 Å². The van der Waals surface area contributed by atoms with Crippen molar-refractivity contribution in [3.8, 4) is 0 Å². The minimum absolute atomic E-state index is 0.667. The Labute approximate surface area is 104 Å². The van der Waals surface area contributed by atoms with Crippen LogP contribution in [0, 0.1) is 23.7 Å².